The second-order valence-electron chi connectivity index (χ2n) is 5.72. The Morgan fingerprint density at radius 3 is 2.48 bits per heavy atom. The van der Waals surface area contributed by atoms with Gasteiger partial charge in [0.05, 0.1) is 37.6 Å². The van der Waals surface area contributed by atoms with Crippen molar-refractivity contribution >= 4 is 11.6 Å². The number of ether oxygens (including phenoxy) is 3. The summed E-state index contributed by atoms with van der Waals surface area (Å²) in [6.45, 7) is 3.70. The highest BCUT2D eigenvalue weighted by Gasteiger charge is 2.39. The van der Waals surface area contributed by atoms with E-state index in [0.29, 0.717) is 23.3 Å². The Bertz CT molecular complexity index is 746. The zero-order valence-electron chi connectivity index (χ0n) is 13.4. The summed E-state index contributed by atoms with van der Waals surface area (Å²) in [7, 11) is 2.77. The van der Waals surface area contributed by atoms with Crippen LogP contribution in [0.4, 0.5) is 0 Å². The lowest BCUT2D eigenvalue weighted by Gasteiger charge is -2.32. The molecule has 0 amide bonds. The topological polar surface area (TPSA) is 82.1 Å². The summed E-state index contributed by atoms with van der Waals surface area (Å²) in [6.07, 6.45) is 1.09. The summed E-state index contributed by atoms with van der Waals surface area (Å²) in [6, 6.07) is 0. The van der Waals surface area contributed by atoms with Gasteiger partial charge in [-0.25, -0.2) is 0 Å². The molecule has 0 radical (unpaired) electrons. The number of aromatic hydroxyl groups is 1. The molecule has 6 heteroatoms. The van der Waals surface area contributed by atoms with Crippen LogP contribution in [0.1, 0.15) is 51.8 Å². The predicted molar refractivity (Wildman–Crippen MR) is 81.1 cm³/mol. The van der Waals surface area contributed by atoms with Gasteiger partial charge in [0.2, 0.25) is 5.78 Å². The molecule has 0 aromatic heterocycles. The molecule has 0 unspecified atom stereocenters. The fraction of sp³-hybridized carbons (Fsp3) is 0.412. The van der Waals surface area contributed by atoms with Crippen molar-refractivity contribution in [1.82, 2.24) is 0 Å². The molecule has 122 valence electrons. The largest absolute Gasteiger partial charge is 0.507 e. The lowest BCUT2D eigenvalue weighted by Crippen LogP contribution is -2.27. The van der Waals surface area contributed by atoms with Crippen molar-refractivity contribution in [1.29, 1.82) is 0 Å². The molecular formula is C17H18O6. The molecule has 2 aliphatic rings. The van der Waals surface area contributed by atoms with E-state index < -0.39 is 17.7 Å². The standard InChI is InChI=1S/C17H18O6/c1-7-5-9-12(8(2)23-7)16(20)13-10(18)6-11(21-3)15(19)14(13)17(9)22-4/h6-8,20H,5H2,1-4H3/t7-,8-/m1/s1. The number of phenolic OH excluding ortho intramolecular Hbond substituents is 1. The van der Waals surface area contributed by atoms with Gasteiger partial charge in [-0.05, 0) is 13.8 Å². The highest BCUT2D eigenvalue weighted by Crippen LogP contribution is 2.47. The maximum absolute atomic E-state index is 12.6. The average Bonchev–Trinajstić information content (AvgIpc) is 2.49. The molecule has 0 saturated heterocycles. The van der Waals surface area contributed by atoms with Crippen LogP contribution in [0.5, 0.6) is 11.5 Å². The van der Waals surface area contributed by atoms with Gasteiger partial charge in [-0.3, -0.25) is 9.59 Å². The molecular weight excluding hydrogens is 300 g/mol. The number of allylic oxidation sites excluding steroid dienone is 2. The van der Waals surface area contributed by atoms with Crippen LogP contribution in [0.3, 0.4) is 0 Å². The minimum Gasteiger partial charge on any atom is -0.507 e. The van der Waals surface area contributed by atoms with E-state index in [1.165, 1.54) is 14.2 Å². The average molecular weight is 318 g/mol. The number of carbonyl (C=O) groups excluding carboxylic acids is 2. The molecule has 3 rings (SSSR count). The Morgan fingerprint density at radius 1 is 1.17 bits per heavy atom. The van der Waals surface area contributed by atoms with Crippen LogP contribution < -0.4 is 4.74 Å². The summed E-state index contributed by atoms with van der Waals surface area (Å²) in [5, 5.41) is 10.6. The number of hydrogen-bond donors (Lipinski definition) is 1. The van der Waals surface area contributed by atoms with Crippen molar-refractivity contribution in [3.63, 3.8) is 0 Å². The zero-order valence-corrected chi connectivity index (χ0v) is 13.4. The first-order valence-electron chi connectivity index (χ1n) is 7.36. The number of rotatable bonds is 2. The molecule has 1 heterocycles. The van der Waals surface area contributed by atoms with E-state index in [9.17, 15) is 14.7 Å². The van der Waals surface area contributed by atoms with Crippen molar-refractivity contribution in [2.24, 2.45) is 0 Å². The molecule has 1 N–H and O–H groups in total. The predicted octanol–water partition coefficient (Wildman–Crippen LogP) is 2.33. The van der Waals surface area contributed by atoms with Gasteiger partial charge < -0.3 is 19.3 Å². The fourth-order valence-electron chi connectivity index (χ4n) is 3.39. The molecule has 2 atom stereocenters. The summed E-state index contributed by atoms with van der Waals surface area (Å²) in [4.78, 5) is 25.0. The van der Waals surface area contributed by atoms with Crippen LogP contribution in [0.2, 0.25) is 0 Å². The van der Waals surface area contributed by atoms with Crippen molar-refractivity contribution in [3.05, 3.63) is 34.1 Å². The molecule has 1 aromatic rings. The normalized spacial score (nSPS) is 23.0. The van der Waals surface area contributed by atoms with Crippen LogP contribution in [-0.4, -0.2) is 37.0 Å². The van der Waals surface area contributed by atoms with Gasteiger partial charge in [-0.2, -0.15) is 0 Å². The monoisotopic (exact) mass is 318 g/mol. The Kier molecular flexibility index (Phi) is 3.64. The third kappa shape index (κ3) is 2.13. The first-order chi connectivity index (χ1) is 10.9. The first kappa shape index (κ1) is 15.6. The van der Waals surface area contributed by atoms with E-state index in [2.05, 4.69) is 0 Å². The number of methoxy groups -OCH3 is 2. The van der Waals surface area contributed by atoms with Crippen molar-refractivity contribution < 1.29 is 28.9 Å². The first-order valence-corrected chi connectivity index (χ1v) is 7.36. The number of ketones is 2. The summed E-state index contributed by atoms with van der Waals surface area (Å²) in [5.41, 5.74) is 1.23. The summed E-state index contributed by atoms with van der Waals surface area (Å²) < 4.78 is 16.2. The van der Waals surface area contributed by atoms with Gasteiger partial charge in [0, 0.05) is 23.6 Å². The molecule has 0 spiro atoms. The van der Waals surface area contributed by atoms with E-state index in [-0.39, 0.29) is 28.7 Å². The number of fused-ring (bicyclic) bond motifs is 2. The lowest BCUT2D eigenvalue weighted by atomic mass is 9.83. The molecule has 23 heavy (non-hydrogen) atoms. The second kappa shape index (κ2) is 5.38. The van der Waals surface area contributed by atoms with E-state index in [4.69, 9.17) is 14.2 Å². The van der Waals surface area contributed by atoms with E-state index in [1.807, 2.05) is 6.92 Å². The van der Waals surface area contributed by atoms with Crippen LogP contribution in [0, 0.1) is 0 Å². The molecule has 6 nitrogen and oxygen atoms in total. The highest BCUT2D eigenvalue weighted by molar-refractivity contribution is 6.26. The Morgan fingerprint density at radius 2 is 1.87 bits per heavy atom. The maximum atomic E-state index is 12.6. The lowest BCUT2D eigenvalue weighted by molar-refractivity contribution is -0.00676. The Labute approximate surface area is 133 Å². The number of hydrogen-bond acceptors (Lipinski definition) is 6. The fourth-order valence-corrected chi connectivity index (χ4v) is 3.39. The van der Waals surface area contributed by atoms with E-state index in [0.717, 1.165) is 6.08 Å². The van der Waals surface area contributed by atoms with Crippen LogP contribution in [0.25, 0.3) is 0 Å². The summed E-state index contributed by atoms with van der Waals surface area (Å²) >= 11 is 0. The minimum absolute atomic E-state index is 0.0450. The molecule has 1 aromatic carbocycles. The number of benzene rings is 1. The molecule has 1 aliphatic carbocycles. The van der Waals surface area contributed by atoms with Gasteiger partial charge >= 0.3 is 0 Å². The van der Waals surface area contributed by atoms with Gasteiger partial charge in [0.25, 0.3) is 0 Å². The minimum atomic E-state index is -0.485. The smallest absolute Gasteiger partial charge is 0.232 e. The van der Waals surface area contributed by atoms with Crippen LogP contribution in [0.15, 0.2) is 11.8 Å². The van der Waals surface area contributed by atoms with Gasteiger partial charge in [0.1, 0.15) is 11.5 Å². The Balaban J connectivity index is 2.37. The highest BCUT2D eigenvalue weighted by atomic mass is 16.5. The van der Waals surface area contributed by atoms with E-state index in [1.54, 1.807) is 6.92 Å². The number of phenols is 1. The third-order valence-corrected chi connectivity index (χ3v) is 4.29. The van der Waals surface area contributed by atoms with E-state index >= 15 is 0 Å². The van der Waals surface area contributed by atoms with Gasteiger partial charge in [-0.1, -0.05) is 0 Å². The van der Waals surface area contributed by atoms with Crippen molar-refractivity contribution in [2.75, 3.05) is 14.2 Å². The second-order valence-corrected chi connectivity index (χ2v) is 5.72. The zero-order chi connectivity index (χ0) is 16.9. The summed E-state index contributed by atoms with van der Waals surface area (Å²) in [5.74, 6) is -0.909. The Hall–Kier alpha value is -2.34. The number of carbonyl (C=O) groups is 2. The van der Waals surface area contributed by atoms with Crippen LogP contribution >= 0.6 is 0 Å². The van der Waals surface area contributed by atoms with Crippen LogP contribution in [-0.2, 0) is 15.9 Å². The third-order valence-electron chi connectivity index (χ3n) is 4.29. The SMILES string of the molecule is COC1=CC(=O)c2c(O)c3c(c(OC)c2C1=O)C[C@@H](C)O[C@@H]3C. The van der Waals surface area contributed by atoms with Crippen molar-refractivity contribution in [3.8, 4) is 11.5 Å². The van der Waals surface area contributed by atoms with Gasteiger partial charge in [-0.15, -0.1) is 0 Å². The molecule has 0 saturated carbocycles. The number of Topliss-reactive ketones (excluding diaryl/α,β-unsaturated/α-hetero) is 1. The quantitative estimate of drug-likeness (QED) is 0.901. The van der Waals surface area contributed by atoms with Gasteiger partial charge in [0.15, 0.2) is 11.5 Å². The molecule has 1 aliphatic heterocycles. The molecule has 0 fully saturated rings. The molecule has 0 bridgehead atoms. The van der Waals surface area contributed by atoms with Crippen molar-refractivity contribution in [2.45, 2.75) is 32.5 Å². The maximum Gasteiger partial charge on any atom is 0.232 e.